The van der Waals surface area contributed by atoms with Crippen LogP contribution in [0.5, 0.6) is 0 Å². The number of carbonyl (C=O) groups is 3. The van der Waals surface area contributed by atoms with E-state index in [-0.39, 0.29) is 37.0 Å². The summed E-state index contributed by atoms with van der Waals surface area (Å²) in [6.07, 6.45) is 1.77. The molecular formula is C27H35N5O3. The molecular weight excluding hydrogens is 442 g/mol. The van der Waals surface area contributed by atoms with Gasteiger partial charge in [0.25, 0.3) is 0 Å². The number of fused-ring (bicyclic) bond motifs is 1. The van der Waals surface area contributed by atoms with Crippen molar-refractivity contribution in [3.05, 3.63) is 71.8 Å². The van der Waals surface area contributed by atoms with Gasteiger partial charge in [0.1, 0.15) is 12.2 Å². The second-order valence-electron chi connectivity index (χ2n) is 9.32. The molecule has 2 aliphatic heterocycles. The van der Waals surface area contributed by atoms with E-state index in [4.69, 9.17) is 0 Å². The Hall–Kier alpha value is -3.39. The SMILES string of the molecule is CCCC[C@H]1C(=O)N(C(C)c2ccccc2)C[C@H]2N1C(=O)CN(C)N2C(=O)NCc1ccccc1. The first-order chi connectivity index (χ1) is 16.9. The molecule has 0 aliphatic carbocycles. The van der Waals surface area contributed by atoms with Gasteiger partial charge in [-0.05, 0) is 24.5 Å². The molecule has 2 heterocycles. The van der Waals surface area contributed by atoms with Crippen molar-refractivity contribution in [1.82, 2.24) is 25.1 Å². The van der Waals surface area contributed by atoms with Crippen LogP contribution >= 0.6 is 0 Å². The van der Waals surface area contributed by atoms with Crippen molar-refractivity contribution < 1.29 is 14.4 Å². The Morgan fingerprint density at radius 3 is 2.37 bits per heavy atom. The molecule has 186 valence electrons. The van der Waals surface area contributed by atoms with E-state index < -0.39 is 12.2 Å². The molecule has 2 aromatic carbocycles. The first-order valence-electron chi connectivity index (χ1n) is 12.4. The van der Waals surface area contributed by atoms with Crippen LogP contribution in [0.15, 0.2) is 60.7 Å². The third-order valence-electron chi connectivity index (χ3n) is 6.96. The Balaban J connectivity index is 1.63. The predicted octanol–water partition coefficient (Wildman–Crippen LogP) is 3.38. The highest BCUT2D eigenvalue weighted by molar-refractivity contribution is 5.91. The number of urea groups is 1. The van der Waals surface area contributed by atoms with E-state index in [2.05, 4.69) is 12.2 Å². The lowest BCUT2D eigenvalue weighted by Gasteiger charge is -2.55. The Labute approximate surface area is 207 Å². The molecule has 0 aromatic heterocycles. The molecule has 2 fully saturated rings. The van der Waals surface area contributed by atoms with Gasteiger partial charge in [-0.15, -0.1) is 0 Å². The quantitative estimate of drug-likeness (QED) is 0.663. The van der Waals surface area contributed by atoms with Gasteiger partial charge in [0, 0.05) is 13.6 Å². The van der Waals surface area contributed by atoms with Crippen LogP contribution in [0.2, 0.25) is 0 Å². The average molecular weight is 478 g/mol. The maximum Gasteiger partial charge on any atom is 0.334 e. The van der Waals surface area contributed by atoms with Crippen LogP contribution in [0.4, 0.5) is 4.79 Å². The number of nitrogens with one attached hydrogen (secondary N) is 1. The summed E-state index contributed by atoms with van der Waals surface area (Å²) >= 11 is 0. The summed E-state index contributed by atoms with van der Waals surface area (Å²) in [6.45, 7) is 4.77. The molecule has 4 amide bonds. The zero-order chi connectivity index (χ0) is 24.9. The largest absolute Gasteiger partial charge is 0.334 e. The van der Waals surface area contributed by atoms with E-state index in [9.17, 15) is 14.4 Å². The van der Waals surface area contributed by atoms with Crippen LogP contribution in [0, 0.1) is 0 Å². The average Bonchev–Trinajstić information content (AvgIpc) is 2.87. The van der Waals surface area contributed by atoms with Gasteiger partial charge in [0.15, 0.2) is 0 Å². The monoisotopic (exact) mass is 477 g/mol. The third kappa shape index (κ3) is 5.17. The van der Waals surface area contributed by atoms with Crippen molar-refractivity contribution in [2.75, 3.05) is 20.1 Å². The fourth-order valence-electron chi connectivity index (χ4n) is 5.05. The van der Waals surface area contributed by atoms with Crippen molar-refractivity contribution in [3.8, 4) is 0 Å². The molecule has 2 saturated heterocycles. The highest BCUT2D eigenvalue weighted by atomic mass is 16.2. The van der Waals surface area contributed by atoms with Crippen LogP contribution in [-0.4, -0.2) is 70.0 Å². The van der Waals surface area contributed by atoms with Crippen LogP contribution in [0.25, 0.3) is 0 Å². The number of hydrogen-bond donors (Lipinski definition) is 1. The number of nitrogens with zero attached hydrogens (tertiary/aromatic N) is 4. The van der Waals surface area contributed by atoms with Crippen molar-refractivity contribution in [2.45, 2.75) is 57.9 Å². The third-order valence-corrected chi connectivity index (χ3v) is 6.96. The molecule has 4 rings (SSSR count). The van der Waals surface area contributed by atoms with Crippen LogP contribution in [-0.2, 0) is 16.1 Å². The Bertz CT molecular complexity index is 1030. The summed E-state index contributed by atoms with van der Waals surface area (Å²) in [7, 11) is 1.75. The summed E-state index contributed by atoms with van der Waals surface area (Å²) in [4.78, 5) is 43.8. The minimum absolute atomic E-state index is 0.0476. The Morgan fingerprint density at radius 1 is 1.06 bits per heavy atom. The fraction of sp³-hybridized carbons (Fsp3) is 0.444. The molecule has 0 spiro atoms. The minimum atomic E-state index is -0.578. The lowest BCUT2D eigenvalue weighted by molar-refractivity contribution is -0.189. The number of benzene rings is 2. The summed E-state index contributed by atoms with van der Waals surface area (Å²) < 4.78 is 0. The maximum atomic E-state index is 13.7. The number of hydrazine groups is 1. The van der Waals surface area contributed by atoms with Gasteiger partial charge >= 0.3 is 6.03 Å². The molecule has 1 N–H and O–H groups in total. The number of unbranched alkanes of at least 4 members (excludes halogenated alkanes) is 1. The number of likely N-dealkylation sites (N-methyl/N-ethyl adjacent to an activating group) is 1. The summed E-state index contributed by atoms with van der Waals surface area (Å²) in [5.74, 6) is -0.167. The van der Waals surface area contributed by atoms with E-state index in [1.165, 1.54) is 0 Å². The normalized spacial score (nSPS) is 21.6. The van der Waals surface area contributed by atoms with Crippen LogP contribution in [0.3, 0.4) is 0 Å². The molecule has 0 saturated carbocycles. The van der Waals surface area contributed by atoms with Gasteiger partial charge in [-0.25, -0.2) is 14.8 Å². The first-order valence-corrected chi connectivity index (χ1v) is 12.4. The molecule has 2 aliphatic rings. The molecule has 0 bridgehead atoms. The van der Waals surface area contributed by atoms with Gasteiger partial charge in [-0.3, -0.25) is 9.59 Å². The van der Waals surface area contributed by atoms with Crippen LogP contribution < -0.4 is 5.32 Å². The number of rotatable bonds is 7. The summed E-state index contributed by atoms with van der Waals surface area (Å²) in [5, 5.41) is 6.28. The fourth-order valence-corrected chi connectivity index (χ4v) is 5.05. The standard InChI is InChI=1S/C27H35N5O3/c1-4-5-16-23-26(34)30(20(2)22-14-10-7-11-15-22)18-24-31(23)25(33)19-29(3)32(24)27(35)28-17-21-12-8-6-9-13-21/h6-15,20,23-24H,4-5,16-19H2,1-3H3,(H,28,35)/t20?,23-,24-/m0/s1. The van der Waals surface area contributed by atoms with Gasteiger partial charge in [-0.1, -0.05) is 80.4 Å². The highest BCUT2D eigenvalue weighted by Crippen LogP contribution is 2.32. The second-order valence-corrected chi connectivity index (χ2v) is 9.32. The number of carbonyl (C=O) groups excluding carboxylic acids is 3. The molecule has 0 radical (unpaired) electrons. The van der Waals surface area contributed by atoms with E-state index >= 15 is 0 Å². The van der Waals surface area contributed by atoms with Crippen LogP contribution in [0.1, 0.15) is 50.3 Å². The molecule has 35 heavy (non-hydrogen) atoms. The molecule has 8 nitrogen and oxygen atoms in total. The van der Waals surface area contributed by atoms with E-state index in [0.29, 0.717) is 13.0 Å². The van der Waals surface area contributed by atoms with Crippen molar-refractivity contribution in [3.63, 3.8) is 0 Å². The topological polar surface area (TPSA) is 76.2 Å². The number of piperazine rings is 1. The molecule has 1 unspecified atom stereocenters. The Kier molecular flexibility index (Phi) is 7.70. The predicted molar refractivity (Wildman–Crippen MR) is 134 cm³/mol. The Morgan fingerprint density at radius 2 is 1.71 bits per heavy atom. The molecule has 3 atom stereocenters. The van der Waals surface area contributed by atoms with E-state index in [1.807, 2.05) is 72.5 Å². The first kappa shape index (κ1) is 24.7. The number of hydrogen-bond acceptors (Lipinski definition) is 4. The zero-order valence-electron chi connectivity index (χ0n) is 20.8. The van der Waals surface area contributed by atoms with Crippen molar-refractivity contribution in [1.29, 1.82) is 0 Å². The minimum Gasteiger partial charge on any atom is -0.333 e. The second kappa shape index (κ2) is 10.9. The highest BCUT2D eigenvalue weighted by Gasteiger charge is 2.51. The van der Waals surface area contributed by atoms with Gasteiger partial charge < -0.3 is 15.1 Å². The summed E-state index contributed by atoms with van der Waals surface area (Å²) in [6, 6.07) is 18.6. The van der Waals surface area contributed by atoms with Crippen molar-refractivity contribution in [2.24, 2.45) is 0 Å². The number of amides is 4. The molecule has 8 heteroatoms. The molecule has 2 aromatic rings. The summed E-state index contributed by atoms with van der Waals surface area (Å²) in [5.41, 5.74) is 2.02. The van der Waals surface area contributed by atoms with E-state index in [0.717, 1.165) is 24.0 Å². The lowest BCUT2D eigenvalue weighted by atomic mass is 9.98. The van der Waals surface area contributed by atoms with E-state index in [1.54, 1.807) is 22.0 Å². The van der Waals surface area contributed by atoms with Gasteiger partial charge in [0.05, 0.1) is 19.1 Å². The van der Waals surface area contributed by atoms with Crippen molar-refractivity contribution >= 4 is 17.8 Å². The lowest BCUT2D eigenvalue weighted by Crippen LogP contribution is -2.76. The van der Waals surface area contributed by atoms with Gasteiger partial charge in [0.2, 0.25) is 11.8 Å². The zero-order valence-corrected chi connectivity index (χ0v) is 20.8. The smallest absolute Gasteiger partial charge is 0.333 e. The van der Waals surface area contributed by atoms with Gasteiger partial charge in [-0.2, -0.15) is 0 Å². The maximum absolute atomic E-state index is 13.7.